The number of rotatable bonds is 7. The minimum Gasteiger partial charge on any atom is -0.462 e. The normalized spacial score (nSPS) is 16.5. The predicted molar refractivity (Wildman–Crippen MR) is 108 cm³/mol. The van der Waals surface area contributed by atoms with Crippen LogP contribution in [0.25, 0.3) is 0 Å². The molecule has 0 radical (unpaired) electrons. The van der Waals surface area contributed by atoms with Crippen LogP contribution in [0.15, 0.2) is 48.7 Å². The van der Waals surface area contributed by atoms with Crippen molar-refractivity contribution in [3.05, 3.63) is 59.9 Å². The van der Waals surface area contributed by atoms with E-state index in [-0.39, 0.29) is 12.5 Å². The molecular weight excluding hydrogens is 370 g/mol. The Morgan fingerprint density at radius 2 is 2.00 bits per heavy atom. The zero-order valence-corrected chi connectivity index (χ0v) is 16.8. The lowest BCUT2D eigenvalue weighted by molar-refractivity contribution is -0.156. The molecule has 1 aromatic carbocycles. The van der Waals surface area contributed by atoms with E-state index in [4.69, 9.17) is 9.47 Å². The van der Waals surface area contributed by atoms with Gasteiger partial charge in [-0.05, 0) is 69.6 Å². The number of benzene rings is 1. The van der Waals surface area contributed by atoms with E-state index in [1.165, 1.54) is 0 Å². The highest BCUT2D eigenvalue weighted by Crippen LogP contribution is 2.32. The average Bonchev–Trinajstić information content (AvgIpc) is 2.74. The molecule has 2 N–H and O–H groups in total. The summed E-state index contributed by atoms with van der Waals surface area (Å²) in [7, 11) is 0. The summed E-state index contributed by atoms with van der Waals surface area (Å²) >= 11 is 0. The number of ether oxygens (including phenoxy) is 2. The van der Waals surface area contributed by atoms with Crippen molar-refractivity contribution in [1.29, 1.82) is 0 Å². The van der Waals surface area contributed by atoms with E-state index in [1.54, 1.807) is 25.3 Å². The summed E-state index contributed by atoms with van der Waals surface area (Å²) in [5.41, 5.74) is 0.852. The van der Waals surface area contributed by atoms with Gasteiger partial charge in [0.05, 0.1) is 17.7 Å². The predicted octanol–water partition coefficient (Wildman–Crippen LogP) is 2.10. The van der Waals surface area contributed by atoms with Crippen molar-refractivity contribution in [3.63, 3.8) is 0 Å². The van der Waals surface area contributed by atoms with E-state index in [1.807, 2.05) is 37.3 Å². The quantitative estimate of drug-likeness (QED) is 0.549. The molecule has 1 atom stereocenters. The fraction of sp³-hybridized carbons (Fsp3) is 0.409. The third kappa shape index (κ3) is 4.92. The Labute approximate surface area is 170 Å². The van der Waals surface area contributed by atoms with Gasteiger partial charge in [0.1, 0.15) is 5.75 Å². The molecule has 29 heavy (non-hydrogen) atoms. The molecule has 0 spiro atoms. The minimum absolute atomic E-state index is 0.192. The monoisotopic (exact) mass is 397 g/mol. The third-order valence-electron chi connectivity index (χ3n) is 5.05. The van der Waals surface area contributed by atoms with Gasteiger partial charge in [-0.3, -0.25) is 9.78 Å². The Morgan fingerprint density at radius 3 is 2.66 bits per heavy atom. The summed E-state index contributed by atoms with van der Waals surface area (Å²) in [5, 5.41) is 6.05. The van der Waals surface area contributed by atoms with Crippen molar-refractivity contribution >= 4 is 11.9 Å². The summed E-state index contributed by atoms with van der Waals surface area (Å²) < 4.78 is 10.9. The Hall–Kier alpha value is -2.93. The molecule has 7 nitrogen and oxygen atoms in total. The van der Waals surface area contributed by atoms with Crippen LogP contribution in [-0.4, -0.2) is 42.8 Å². The smallest absolute Gasteiger partial charge is 0.369 e. The van der Waals surface area contributed by atoms with Gasteiger partial charge in [0, 0.05) is 6.20 Å². The first kappa shape index (κ1) is 20.8. The van der Waals surface area contributed by atoms with Crippen molar-refractivity contribution in [2.45, 2.75) is 38.3 Å². The van der Waals surface area contributed by atoms with E-state index in [2.05, 4.69) is 15.6 Å². The lowest BCUT2D eigenvalue weighted by Crippen LogP contribution is -2.56. The van der Waals surface area contributed by atoms with Crippen LogP contribution in [0.3, 0.4) is 0 Å². The molecule has 2 heterocycles. The van der Waals surface area contributed by atoms with Gasteiger partial charge in [-0.2, -0.15) is 0 Å². The first-order valence-corrected chi connectivity index (χ1v) is 9.88. The summed E-state index contributed by atoms with van der Waals surface area (Å²) in [6, 6.07) is 12.8. The van der Waals surface area contributed by atoms with E-state index < -0.39 is 17.6 Å². The van der Waals surface area contributed by atoms with E-state index in [0.717, 1.165) is 5.56 Å². The molecular formula is C22H27N3O4. The number of carbonyl (C=O) groups is 2. The van der Waals surface area contributed by atoms with Gasteiger partial charge in [-0.25, -0.2) is 4.79 Å². The van der Waals surface area contributed by atoms with Crippen LogP contribution in [-0.2, 0) is 19.7 Å². The summed E-state index contributed by atoms with van der Waals surface area (Å²) in [5.74, 6) is -0.434. The van der Waals surface area contributed by atoms with Gasteiger partial charge in [-0.1, -0.05) is 18.2 Å². The molecule has 1 aromatic heterocycles. The molecule has 0 bridgehead atoms. The molecule has 2 aromatic rings. The van der Waals surface area contributed by atoms with Gasteiger partial charge in [0.15, 0.2) is 0 Å². The van der Waals surface area contributed by atoms with Crippen LogP contribution in [0.2, 0.25) is 0 Å². The second-order valence-corrected chi connectivity index (χ2v) is 7.09. The van der Waals surface area contributed by atoms with Crippen LogP contribution in [0, 0.1) is 6.92 Å². The number of nitrogens with zero attached hydrogens (tertiary/aromatic N) is 1. The molecule has 1 aliphatic rings. The van der Waals surface area contributed by atoms with Crippen molar-refractivity contribution in [3.8, 4) is 5.75 Å². The van der Waals surface area contributed by atoms with Gasteiger partial charge in [0.2, 0.25) is 5.91 Å². The zero-order valence-electron chi connectivity index (χ0n) is 16.8. The van der Waals surface area contributed by atoms with Crippen molar-refractivity contribution in [2.75, 3.05) is 19.7 Å². The lowest BCUT2D eigenvalue weighted by atomic mass is 9.75. The van der Waals surface area contributed by atoms with Gasteiger partial charge >= 0.3 is 5.97 Å². The molecule has 3 rings (SSSR count). The van der Waals surface area contributed by atoms with Crippen LogP contribution in [0.1, 0.15) is 31.0 Å². The first-order valence-electron chi connectivity index (χ1n) is 9.88. The van der Waals surface area contributed by atoms with Crippen LogP contribution < -0.4 is 15.4 Å². The fourth-order valence-corrected chi connectivity index (χ4v) is 3.54. The maximum atomic E-state index is 13.4. The molecule has 1 amide bonds. The van der Waals surface area contributed by atoms with Crippen LogP contribution >= 0.6 is 0 Å². The SMILES string of the molecule is CCOC(=O)C(NC(=O)C1(c2ccccn2)CCNCC1)Oc1cccc(C)c1. The Kier molecular flexibility index (Phi) is 6.82. The highest BCUT2D eigenvalue weighted by molar-refractivity contribution is 5.91. The lowest BCUT2D eigenvalue weighted by Gasteiger charge is -2.36. The first-order chi connectivity index (χ1) is 14.0. The number of carbonyl (C=O) groups excluding carboxylic acids is 2. The number of amides is 1. The number of esters is 1. The van der Waals surface area contributed by atoms with Crippen LogP contribution in [0.5, 0.6) is 5.75 Å². The van der Waals surface area contributed by atoms with Gasteiger partial charge in [-0.15, -0.1) is 0 Å². The summed E-state index contributed by atoms with van der Waals surface area (Å²) in [6.07, 6.45) is 1.60. The maximum absolute atomic E-state index is 13.4. The zero-order chi connectivity index (χ0) is 20.7. The molecule has 1 saturated heterocycles. The number of hydrogen-bond acceptors (Lipinski definition) is 6. The number of hydrogen-bond donors (Lipinski definition) is 2. The molecule has 154 valence electrons. The Balaban J connectivity index is 1.86. The molecule has 1 fully saturated rings. The molecule has 0 aliphatic carbocycles. The molecule has 0 saturated carbocycles. The maximum Gasteiger partial charge on any atom is 0.369 e. The number of nitrogens with one attached hydrogen (secondary N) is 2. The number of piperidine rings is 1. The van der Waals surface area contributed by atoms with Gasteiger partial charge < -0.3 is 20.1 Å². The van der Waals surface area contributed by atoms with Gasteiger partial charge in [0.25, 0.3) is 6.23 Å². The number of aromatic nitrogens is 1. The average molecular weight is 397 g/mol. The van der Waals surface area contributed by atoms with Crippen molar-refractivity contribution in [2.24, 2.45) is 0 Å². The Morgan fingerprint density at radius 1 is 1.21 bits per heavy atom. The number of aryl methyl sites for hydroxylation is 1. The number of pyridine rings is 1. The molecule has 1 unspecified atom stereocenters. The van der Waals surface area contributed by atoms with Crippen LogP contribution in [0.4, 0.5) is 0 Å². The molecule has 7 heteroatoms. The van der Waals surface area contributed by atoms with E-state index in [0.29, 0.717) is 37.4 Å². The summed E-state index contributed by atoms with van der Waals surface area (Å²) in [6.45, 7) is 5.21. The second-order valence-electron chi connectivity index (χ2n) is 7.09. The highest BCUT2D eigenvalue weighted by Gasteiger charge is 2.44. The van der Waals surface area contributed by atoms with Crippen molar-refractivity contribution < 1.29 is 19.1 Å². The van der Waals surface area contributed by atoms with E-state index >= 15 is 0 Å². The topological polar surface area (TPSA) is 89.5 Å². The largest absolute Gasteiger partial charge is 0.462 e. The highest BCUT2D eigenvalue weighted by atomic mass is 16.6. The van der Waals surface area contributed by atoms with Crippen molar-refractivity contribution in [1.82, 2.24) is 15.6 Å². The second kappa shape index (κ2) is 9.52. The van der Waals surface area contributed by atoms with E-state index in [9.17, 15) is 9.59 Å². The molecule has 1 aliphatic heterocycles. The fourth-order valence-electron chi connectivity index (χ4n) is 3.54. The summed E-state index contributed by atoms with van der Waals surface area (Å²) in [4.78, 5) is 30.4. The third-order valence-corrected chi connectivity index (χ3v) is 5.05. The Bertz CT molecular complexity index is 835. The standard InChI is InChI=1S/C22H27N3O4/c1-3-28-20(26)19(29-17-8-6-7-16(2)15-17)25-21(27)22(10-13-23-14-11-22)18-9-4-5-12-24-18/h4-9,12,15,19,23H,3,10-11,13-14H2,1-2H3,(H,25,27). The minimum atomic E-state index is -1.24.